The summed E-state index contributed by atoms with van der Waals surface area (Å²) < 4.78 is 0. The summed E-state index contributed by atoms with van der Waals surface area (Å²) in [5.41, 5.74) is 0.258. The van der Waals surface area contributed by atoms with E-state index < -0.39 is 5.97 Å². The van der Waals surface area contributed by atoms with E-state index in [9.17, 15) is 9.59 Å². The van der Waals surface area contributed by atoms with Gasteiger partial charge in [-0.1, -0.05) is 11.6 Å². The number of halogens is 1. The Labute approximate surface area is 116 Å². The molecular weight excluding hydrogens is 268 g/mol. The van der Waals surface area contributed by atoms with Crippen molar-refractivity contribution in [2.75, 3.05) is 11.9 Å². The molecule has 0 spiro atoms. The first-order chi connectivity index (χ1) is 8.99. The monoisotopic (exact) mass is 282 g/mol. The lowest BCUT2D eigenvalue weighted by Gasteiger charge is -2.22. The van der Waals surface area contributed by atoms with E-state index in [0.29, 0.717) is 11.6 Å². The van der Waals surface area contributed by atoms with E-state index in [1.165, 1.54) is 18.2 Å². The minimum Gasteiger partial charge on any atom is -0.478 e. The first kappa shape index (κ1) is 13.7. The molecule has 5 nitrogen and oxygen atoms in total. The summed E-state index contributed by atoms with van der Waals surface area (Å²) in [6, 6.07) is 4.21. The lowest BCUT2D eigenvalue weighted by atomic mass is 10.2. The van der Waals surface area contributed by atoms with Crippen molar-refractivity contribution < 1.29 is 14.7 Å². The number of aromatic carboxylic acids is 1. The van der Waals surface area contributed by atoms with Gasteiger partial charge in [-0.3, -0.25) is 0 Å². The summed E-state index contributed by atoms with van der Waals surface area (Å²) >= 11 is 5.84. The number of carbonyl (C=O) groups excluding carboxylic acids is 1. The maximum Gasteiger partial charge on any atom is 0.337 e. The summed E-state index contributed by atoms with van der Waals surface area (Å²) in [5, 5.41) is 12.1. The molecule has 1 aliphatic heterocycles. The lowest BCUT2D eigenvalue weighted by molar-refractivity contribution is 0.0698. The number of amides is 2. The number of anilines is 1. The predicted molar refractivity (Wildman–Crippen MR) is 72.8 cm³/mol. The number of carbonyl (C=O) groups is 2. The molecule has 0 saturated carbocycles. The van der Waals surface area contributed by atoms with E-state index in [2.05, 4.69) is 5.32 Å². The molecule has 1 saturated heterocycles. The molecule has 1 aromatic rings. The highest BCUT2D eigenvalue weighted by atomic mass is 35.5. The number of carboxylic acids is 1. The molecule has 2 amide bonds. The van der Waals surface area contributed by atoms with Gasteiger partial charge in [0.25, 0.3) is 0 Å². The average molecular weight is 283 g/mol. The maximum atomic E-state index is 12.1. The van der Waals surface area contributed by atoms with Crippen LogP contribution in [0.25, 0.3) is 0 Å². The van der Waals surface area contributed by atoms with Gasteiger partial charge in [-0.25, -0.2) is 9.59 Å². The number of urea groups is 1. The molecule has 0 aromatic heterocycles. The fraction of sp³-hybridized carbons (Fsp3) is 0.385. The van der Waals surface area contributed by atoms with E-state index in [4.69, 9.17) is 16.7 Å². The van der Waals surface area contributed by atoms with Crippen LogP contribution in [0.1, 0.15) is 30.1 Å². The summed E-state index contributed by atoms with van der Waals surface area (Å²) in [6.07, 6.45) is 1.94. The van der Waals surface area contributed by atoms with Gasteiger partial charge in [0.2, 0.25) is 0 Å². The van der Waals surface area contributed by atoms with Crippen molar-refractivity contribution in [2.24, 2.45) is 0 Å². The third kappa shape index (κ3) is 2.98. The summed E-state index contributed by atoms with van der Waals surface area (Å²) in [7, 11) is 0. The van der Waals surface area contributed by atoms with Gasteiger partial charge in [0.05, 0.1) is 11.3 Å². The van der Waals surface area contributed by atoms with Crippen molar-refractivity contribution in [1.29, 1.82) is 0 Å². The van der Waals surface area contributed by atoms with Crippen LogP contribution in [0.2, 0.25) is 5.02 Å². The Morgan fingerprint density at radius 1 is 1.47 bits per heavy atom. The Balaban J connectivity index is 2.20. The largest absolute Gasteiger partial charge is 0.478 e. The molecule has 2 rings (SSSR count). The molecule has 2 N–H and O–H groups in total. The molecule has 1 heterocycles. The normalized spacial score (nSPS) is 18.4. The van der Waals surface area contributed by atoms with Crippen LogP contribution in [-0.2, 0) is 0 Å². The van der Waals surface area contributed by atoms with E-state index in [-0.39, 0.29) is 23.3 Å². The van der Waals surface area contributed by atoms with Crippen LogP contribution >= 0.6 is 11.6 Å². The van der Waals surface area contributed by atoms with Crippen molar-refractivity contribution in [2.45, 2.75) is 25.8 Å². The maximum absolute atomic E-state index is 12.1. The van der Waals surface area contributed by atoms with E-state index in [1.807, 2.05) is 6.92 Å². The molecule has 1 atom stereocenters. The van der Waals surface area contributed by atoms with Crippen LogP contribution in [0.4, 0.5) is 10.5 Å². The molecule has 19 heavy (non-hydrogen) atoms. The summed E-state index contributed by atoms with van der Waals surface area (Å²) in [5.74, 6) is -1.10. The average Bonchev–Trinajstić information content (AvgIpc) is 2.75. The molecule has 1 aliphatic rings. The van der Waals surface area contributed by atoms with Crippen molar-refractivity contribution in [3.8, 4) is 0 Å². The van der Waals surface area contributed by atoms with Crippen molar-refractivity contribution >= 4 is 29.3 Å². The second-order valence-electron chi connectivity index (χ2n) is 4.61. The minimum atomic E-state index is -1.10. The number of nitrogens with zero attached hydrogens (tertiary/aromatic N) is 1. The first-order valence-electron chi connectivity index (χ1n) is 6.09. The Hall–Kier alpha value is -1.75. The standard InChI is InChI=1S/C13H15ClN2O3/c1-8-3-2-6-16(8)13(19)15-11-7-9(14)4-5-10(11)12(17)18/h4-5,7-8H,2-3,6H2,1H3,(H,15,19)(H,17,18). The van der Waals surface area contributed by atoms with Crippen molar-refractivity contribution in [3.05, 3.63) is 28.8 Å². The van der Waals surface area contributed by atoms with Crippen LogP contribution < -0.4 is 5.32 Å². The lowest BCUT2D eigenvalue weighted by Crippen LogP contribution is -2.37. The second-order valence-corrected chi connectivity index (χ2v) is 5.05. The number of hydrogen-bond acceptors (Lipinski definition) is 2. The number of hydrogen-bond donors (Lipinski definition) is 2. The molecule has 6 heteroatoms. The number of likely N-dealkylation sites (tertiary alicyclic amines) is 1. The Morgan fingerprint density at radius 2 is 2.21 bits per heavy atom. The van der Waals surface area contributed by atoms with E-state index >= 15 is 0 Å². The topological polar surface area (TPSA) is 69.6 Å². The SMILES string of the molecule is CC1CCCN1C(=O)Nc1cc(Cl)ccc1C(=O)O. The van der Waals surface area contributed by atoms with Gasteiger partial charge in [-0.05, 0) is 38.0 Å². The van der Waals surface area contributed by atoms with Crippen LogP contribution in [-0.4, -0.2) is 34.6 Å². The molecule has 1 unspecified atom stereocenters. The van der Waals surface area contributed by atoms with Gasteiger partial charge in [-0.2, -0.15) is 0 Å². The zero-order chi connectivity index (χ0) is 14.0. The minimum absolute atomic E-state index is 0.0320. The highest BCUT2D eigenvalue weighted by Gasteiger charge is 2.26. The van der Waals surface area contributed by atoms with Crippen molar-refractivity contribution in [3.63, 3.8) is 0 Å². The molecule has 0 aliphatic carbocycles. The quantitative estimate of drug-likeness (QED) is 0.876. The summed E-state index contributed by atoms with van der Waals surface area (Å²) in [6.45, 7) is 2.67. The van der Waals surface area contributed by atoms with Gasteiger partial charge < -0.3 is 15.3 Å². The van der Waals surface area contributed by atoms with Gasteiger partial charge in [0.15, 0.2) is 0 Å². The molecule has 1 fully saturated rings. The van der Waals surface area contributed by atoms with Crippen LogP contribution in [0, 0.1) is 0 Å². The van der Waals surface area contributed by atoms with Gasteiger partial charge in [0, 0.05) is 17.6 Å². The molecular formula is C13H15ClN2O3. The molecule has 102 valence electrons. The highest BCUT2D eigenvalue weighted by molar-refractivity contribution is 6.31. The number of nitrogens with one attached hydrogen (secondary N) is 1. The predicted octanol–water partition coefficient (Wildman–Crippen LogP) is 3.05. The Morgan fingerprint density at radius 3 is 2.79 bits per heavy atom. The third-order valence-corrected chi connectivity index (χ3v) is 3.50. The number of carboxylic acid groups (broad SMARTS) is 1. The Kier molecular flexibility index (Phi) is 3.95. The molecule has 0 bridgehead atoms. The zero-order valence-electron chi connectivity index (χ0n) is 10.5. The first-order valence-corrected chi connectivity index (χ1v) is 6.47. The van der Waals surface area contributed by atoms with Crippen molar-refractivity contribution in [1.82, 2.24) is 4.90 Å². The van der Waals surface area contributed by atoms with Crippen LogP contribution in [0.15, 0.2) is 18.2 Å². The van der Waals surface area contributed by atoms with Gasteiger partial charge in [-0.15, -0.1) is 0 Å². The number of benzene rings is 1. The third-order valence-electron chi connectivity index (χ3n) is 3.27. The second kappa shape index (κ2) is 5.48. The fourth-order valence-electron chi connectivity index (χ4n) is 2.23. The van der Waals surface area contributed by atoms with Crippen LogP contribution in [0.5, 0.6) is 0 Å². The zero-order valence-corrected chi connectivity index (χ0v) is 11.3. The van der Waals surface area contributed by atoms with Gasteiger partial charge in [0.1, 0.15) is 0 Å². The van der Waals surface area contributed by atoms with E-state index in [1.54, 1.807) is 4.90 Å². The number of rotatable bonds is 2. The Bertz CT molecular complexity index is 519. The summed E-state index contributed by atoms with van der Waals surface area (Å²) in [4.78, 5) is 24.9. The molecule has 0 radical (unpaired) electrons. The van der Waals surface area contributed by atoms with Crippen LogP contribution in [0.3, 0.4) is 0 Å². The fourth-order valence-corrected chi connectivity index (χ4v) is 2.40. The highest BCUT2D eigenvalue weighted by Crippen LogP contribution is 2.23. The van der Waals surface area contributed by atoms with E-state index in [0.717, 1.165) is 12.8 Å². The molecule has 1 aromatic carbocycles. The van der Waals surface area contributed by atoms with Gasteiger partial charge >= 0.3 is 12.0 Å². The smallest absolute Gasteiger partial charge is 0.337 e.